The van der Waals surface area contributed by atoms with Crippen LogP contribution in [0.15, 0.2) is 6.07 Å². The number of aromatic nitrogens is 2. The number of likely N-dealkylation sites (tertiary alicyclic amines) is 1. The summed E-state index contributed by atoms with van der Waals surface area (Å²) in [7, 11) is 2.02. The number of amides is 1. The Morgan fingerprint density at radius 1 is 1.23 bits per heavy atom. The van der Waals surface area contributed by atoms with E-state index in [1.807, 2.05) is 27.0 Å². The third-order valence-corrected chi connectivity index (χ3v) is 4.85. The highest BCUT2D eigenvalue weighted by Gasteiger charge is 2.35. The summed E-state index contributed by atoms with van der Waals surface area (Å²) < 4.78 is 0. The molecule has 0 bridgehead atoms. The van der Waals surface area contributed by atoms with Crippen molar-refractivity contribution in [3.05, 3.63) is 17.5 Å². The summed E-state index contributed by atoms with van der Waals surface area (Å²) in [6, 6.07) is 2.48. The Bertz CT molecular complexity index is 533. The van der Waals surface area contributed by atoms with Crippen LogP contribution < -0.4 is 4.90 Å². The van der Waals surface area contributed by atoms with Gasteiger partial charge in [0.15, 0.2) is 0 Å². The molecule has 0 radical (unpaired) electrons. The van der Waals surface area contributed by atoms with E-state index in [1.165, 1.54) is 25.7 Å². The number of carbonyl (C=O) groups excluding carboxylic acids is 1. The predicted octanol–water partition coefficient (Wildman–Crippen LogP) is 2.32. The monoisotopic (exact) mass is 302 g/mol. The largest absolute Gasteiger partial charge is 0.344 e. The molecule has 1 atom stereocenters. The van der Waals surface area contributed by atoms with Gasteiger partial charge in [-0.2, -0.15) is 0 Å². The molecule has 5 heteroatoms. The van der Waals surface area contributed by atoms with Crippen LogP contribution in [0, 0.1) is 19.8 Å². The lowest BCUT2D eigenvalue weighted by Gasteiger charge is -2.25. The molecule has 0 unspecified atom stereocenters. The van der Waals surface area contributed by atoms with Gasteiger partial charge in [0.2, 0.25) is 11.9 Å². The third kappa shape index (κ3) is 3.23. The molecule has 1 saturated heterocycles. The van der Waals surface area contributed by atoms with Gasteiger partial charge in [-0.15, -0.1) is 0 Å². The van der Waals surface area contributed by atoms with E-state index < -0.39 is 0 Å². The van der Waals surface area contributed by atoms with E-state index in [-0.39, 0.29) is 0 Å². The fourth-order valence-electron chi connectivity index (χ4n) is 3.85. The van der Waals surface area contributed by atoms with Gasteiger partial charge in [-0.05, 0) is 32.8 Å². The highest BCUT2D eigenvalue weighted by Crippen LogP contribution is 2.30. The summed E-state index contributed by atoms with van der Waals surface area (Å²) in [5, 5.41) is 0. The van der Waals surface area contributed by atoms with Gasteiger partial charge >= 0.3 is 0 Å². The van der Waals surface area contributed by atoms with Crippen LogP contribution in [-0.4, -0.2) is 47.0 Å². The molecule has 22 heavy (non-hydrogen) atoms. The van der Waals surface area contributed by atoms with Crippen molar-refractivity contribution in [2.45, 2.75) is 52.0 Å². The maximum atomic E-state index is 12.3. The second kappa shape index (κ2) is 6.23. The minimum Gasteiger partial charge on any atom is -0.344 e. The van der Waals surface area contributed by atoms with Crippen molar-refractivity contribution >= 4 is 11.9 Å². The zero-order valence-electron chi connectivity index (χ0n) is 13.9. The normalized spacial score (nSPS) is 22.6. The van der Waals surface area contributed by atoms with Crippen molar-refractivity contribution in [2.75, 3.05) is 25.0 Å². The van der Waals surface area contributed by atoms with Crippen LogP contribution in [0.5, 0.6) is 0 Å². The molecular weight excluding hydrogens is 276 g/mol. The van der Waals surface area contributed by atoms with E-state index in [0.29, 0.717) is 24.3 Å². The van der Waals surface area contributed by atoms with Crippen LogP contribution in [0.2, 0.25) is 0 Å². The molecule has 0 N–H and O–H groups in total. The van der Waals surface area contributed by atoms with E-state index in [0.717, 1.165) is 30.4 Å². The smallest absolute Gasteiger partial charge is 0.225 e. The van der Waals surface area contributed by atoms with Gasteiger partial charge in [0.1, 0.15) is 0 Å². The summed E-state index contributed by atoms with van der Waals surface area (Å²) >= 11 is 0. The quantitative estimate of drug-likeness (QED) is 0.856. The fourth-order valence-corrected chi connectivity index (χ4v) is 3.85. The van der Waals surface area contributed by atoms with Crippen LogP contribution >= 0.6 is 0 Å². The first-order chi connectivity index (χ1) is 10.5. The zero-order chi connectivity index (χ0) is 15.7. The Labute approximate surface area is 132 Å². The summed E-state index contributed by atoms with van der Waals surface area (Å²) in [5.74, 6) is 1.50. The van der Waals surface area contributed by atoms with E-state index >= 15 is 0 Å². The first kappa shape index (κ1) is 15.3. The molecule has 5 nitrogen and oxygen atoms in total. The molecule has 3 rings (SSSR count). The minimum atomic E-state index is 0.339. The van der Waals surface area contributed by atoms with Crippen LogP contribution in [0.4, 0.5) is 5.95 Å². The van der Waals surface area contributed by atoms with Crippen molar-refractivity contribution in [3.63, 3.8) is 0 Å². The number of nitrogens with zero attached hydrogens (tertiary/aromatic N) is 4. The van der Waals surface area contributed by atoms with E-state index in [4.69, 9.17) is 0 Å². The van der Waals surface area contributed by atoms with E-state index in [1.54, 1.807) is 0 Å². The highest BCUT2D eigenvalue weighted by atomic mass is 16.2. The van der Waals surface area contributed by atoms with E-state index in [2.05, 4.69) is 19.8 Å². The Morgan fingerprint density at radius 2 is 1.86 bits per heavy atom. The average molecular weight is 302 g/mol. The molecule has 1 aromatic rings. The number of hydrogen-bond donors (Lipinski definition) is 0. The predicted molar refractivity (Wildman–Crippen MR) is 86.9 cm³/mol. The minimum absolute atomic E-state index is 0.339. The van der Waals surface area contributed by atoms with Gasteiger partial charge in [0.25, 0.3) is 0 Å². The molecule has 2 heterocycles. The second-order valence-electron chi connectivity index (χ2n) is 6.89. The van der Waals surface area contributed by atoms with Gasteiger partial charge < -0.3 is 9.80 Å². The van der Waals surface area contributed by atoms with Crippen molar-refractivity contribution in [1.82, 2.24) is 14.9 Å². The lowest BCUT2D eigenvalue weighted by atomic mass is 10.1. The molecule has 2 aliphatic rings. The van der Waals surface area contributed by atoms with Gasteiger partial charge in [0.05, 0.1) is 0 Å². The zero-order valence-corrected chi connectivity index (χ0v) is 13.9. The number of rotatable bonds is 4. The number of carbonyl (C=O) groups is 1. The van der Waals surface area contributed by atoms with Gasteiger partial charge in [-0.1, -0.05) is 12.8 Å². The maximum Gasteiger partial charge on any atom is 0.225 e. The fraction of sp³-hybridized carbons (Fsp3) is 0.706. The first-order valence-corrected chi connectivity index (χ1v) is 8.36. The summed E-state index contributed by atoms with van der Waals surface area (Å²) in [6.45, 7) is 5.73. The average Bonchev–Trinajstić information content (AvgIpc) is 3.07. The summed E-state index contributed by atoms with van der Waals surface area (Å²) in [5.41, 5.74) is 1.98. The highest BCUT2D eigenvalue weighted by molar-refractivity contribution is 5.79. The summed E-state index contributed by atoms with van der Waals surface area (Å²) in [4.78, 5) is 25.5. The molecule has 0 aromatic carbocycles. The Balaban J connectivity index is 1.62. The van der Waals surface area contributed by atoms with Crippen LogP contribution in [0.1, 0.15) is 43.5 Å². The number of aryl methyl sites for hydroxylation is 2. The maximum absolute atomic E-state index is 12.3. The molecule has 2 fully saturated rings. The van der Waals surface area contributed by atoms with Gasteiger partial charge in [-0.3, -0.25) is 4.79 Å². The van der Waals surface area contributed by atoms with Crippen molar-refractivity contribution in [2.24, 2.45) is 5.92 Å². The van der Waals surface area contributed by atoms with Crippen molar-refractivity contribution in [1.29, 1.82) is 0 Å². The summed E-state index contributed by atoms with van der Waals surface area (Å²) in [6.07, 6.45) is 5.60. The lowest BCUT2D eigenvalue weighted by Crippen LogP contribution is -2.35. The topological polar surface area (TPSA) is 49.3 Å². The van der Waals surface area contributed by atoms with E-state index in [9.17, 15) is 4.79 Å². The standard InChI is InChI=1S/C17H26N4O/c1-12-8-13(2)19-17(18-12)20(3)10-14-9-16(22)21(11-14)15-6-4-5-7-15/h8,14-15H,4-7,9-11H2,1-3H3/t14-/m1/s1. The van der Waals surface area contributed by atoms with Crippen LogP contribution in [0.25, 0.3) is 0 Å². The van der Waals surface area contributed by atoms with Gasteiger partial charge in [0, 0.05) is 49.9 Å². The molecule has 120 valence electrons. The van der Waals surface area contributed by atoms with Crippen LogP contribution in [-0.2, 0) is 4.79 Å². The molecule has 1 saturated carbocycles. The Kier molecular flexibility index (Phi) is 4.32. The first-order valence-electron chi connectivity index (χ1n) is 8.36. The molecule has 1 amide bonds. The number of hydrogen-bond acceptors (Lipinski definition) is 4. The molecule has 0 spiro atoms. The van der Waals surface area contributed by atoms with Crippen molar-refractivity contribution in [3.8, 4) is 0 Å². The Hall–Kier alpha value is -1.65. The molecule has 1 aliphatic heterocycles. The number of anilines is 1. The molecular formula is C17H26N4O. The van der Waals surface area contributed by atoms with Crippen LogP contribution in [0.3, 0.4) is 0 Å². The SMILES string of the molecule is Cc1cc(C)nc(N(C)C[C@H]2CC(=O)N(C3CCCC3)C2)n1. The lowest BCUT2D eigenvalue weighted by molar-refractivity contribution is -0.129. The second-order valence-corrected chi connectivity index (χ2v) is 6.89. The van der Waals surface area contributed by atoms with Gasteiger partial charge in [-0.25, -0.2) is 9.97 Å². The van der Waals surface area contributed by atoms with Crippen molar-refractivity contribution < 1.29 is 4.79 Å². The molecule has 1 aliphatic carbocycles. The third-order valence-electron chi connectivity index (χ3n) is 4.85. The Morgan fingerprint density at radius 3 is 2.50 bits per heavy atom. The molecule has 1 aromatic heterocycles.